The van der Waals surface area contributed by atoms with Gasteiger partial charge in [-0.2, -0.15) is 0 Å². The monoisotopic (exact) mass is 476 g/mol. The zero-order valence-electron chi connectivity index (χ0n) is 19.6. The predicted molar refractivity (Wildman–Crippen MR) is 129 cm³/mol. The average Bonchev–Trinajstić information content (AvgIpc) is 3.32. The number of aromatic nitrogens is 4. The standard InChI is InChI=1S/C25H28N6O4/c1-2-35-24(34)29-12-9-25(16-29)10-13-30-22(33)14-20(19-8-11-26-17-27-19)28-23(30)31(25)15-21(32)18-6-4-3-5-7-18/h3-8,11,14,17,21,32H,2,9-10,12-13,15-16H2,1H3/t21-,25?/m0/s1. The lowest BCUT2D eigenvalue weighted by Crippen LogP contribution is -2.58. The van der Waals surface area contributed by atoms with Gasteiger partial charge >= 0.3 is 6.09 Å². The highest BCUT2D eigenvalue weighted by Gasteiger charge is 2.49. The summed E-state index contributed by atoms with van der Waals surface area (Å²) in [5, 5.41) is 11.2. The molecule has 0 radical (unpaired) electrons. The zero-order chi connectivity index (χ0) is 24.4. The van der Waals surface area contributed by atoms with E-state index in [4.69, 9.17) is 9.72 Å². The fourth-order valence-corrected chi connectivity index (χ4v) is 5.03. The van der Waals surface area contributed by atoms with Crippen LogP contribution in [0.1, 0.15) is 31.4 Å². The first kappa shape index (κ1) is 23.0. The van der Waals surface area contributed by atoms with Crippen molar-refractivity contribution in [1.82, 2.24) is 24.4 Å². The molecule has 1 amide bonds. The number of aliphatic hydroxyl groups is 1. The molecule has 0 saturated carbocycles. The van der Waals surface area contributed by atoms with Gasteiger partial charge in [0.2, 0.25) is 5.95 Å². The molecule has 0 aliphatic carbocycles. The Hall–Kier alpha value is -3.79. The Morgan fingerprint density at radius 3 is 2.71 bits per heavy atom. The second-order valence-corrected chi connectivity index (χ2v) is 8.91. The molecule has 10 heteroatoms. The van der Waals surface area contributed by atoms with Crippen molar-refractivity contribution >= 4 is 12.0 Å². The molecule has 35 heavy (non-hydrogen) atoms. The van der Waals surface area contributed by atoms with Crippen LogP contribution in [0.2, 0.25) is 0 Å². The molecule has 1 saturated heterocycles. The van der Waals surface area contributed by atoms with E-state index in [2.05, 4.69) is 9.97 Å². The maximum Gasteiger partial charge on any atom is 0.409 e. The van der Waals surface area contributed by atoms with E-state index >= 15 is 0 Å². The Labute approximate surface area is 202 Å². The fraction of sp³-hybridized carbons (Fsp3) is 0.400. The van der Waals surface area contributed by atoms with Crippen LogP contribution in [0.25, 0.3) is 11.4 Å². The molecule has 5 rings (SSSR count). The van der Waals surface area contributed by atoms with E-state index in [1.165, 1.54) is 12.4 Å². The summed E-state index contributed by atoms with van der Waals surface area (Å²) in [7, 11) is 0. The Balaban J connectivity index is 1.57. The van der Waals surface area contributed by atoms with Gasteiger partial charge in [0.1, 0.15) is 6.33 Å². The molecule has 3 aromatic rings. The average molecular weight is 477 g/mol. The molecule has 0 bridgehead atoms. The van der Waals surface area contributed by atoms with Gasteiger partial charge in [-0.1, -0.05) is 30.3 Å². The highest BCUT2D eigenvalue weighted by atomic mass is 16.6. The lowest BCUT2D eigenvalue weighted by molar-refractivity contribution is 0.111. The largest absolute Gasteiger partial charge is 0.450 e. The zero-order valence-corrected chi connectivity index (χ0v) is 19.6. The van der Waals surface area contributed by atoms with Crippen LogP contribution in [-0.4, -0.2) is 67.4 Å². The van der Waals surface area contributed by atoms with Gasteiger partial charge in [-0.3, -0.25) is 9.36 Å². The lowest BCUT2D eigenvalue weighted by Gasteiger charge is -2.47. The normalized spacial score (nSPS) is 20.1. The number of aliphatic hydroxyl groups excluding tert-OH is 1. The molecular formula is C25H28N6O4. The molecule has 2 atom stereocenters. The number of likely N-dealkylation sites (tertiary alicyclic amines) is 1. The highest BCUT2D eigenvalue weighted by molar-refractivity contribution is 5.68. The van der Waals surface area contributed by atoms with Gasteiger partial charge in [-0.05, 0) is 31.4 Å². The van der Waals surface area contributed by atoms with Crippen LogP contribution in [0, 0.1) is 0 Å². The summed E-state index contributed by atoms with van der Waals surface area (Å²) in [4.78, 5) is 42.4. The summed E-state index contributed by atoms with van der Waals surface area (Å²) in [5.41, 5.74) is 1.10. The van der Waals surface area contributed by atoms with Crippen LogP contribution in [-0.2, 0) is 11.3 Å². The number of amides is 1. The van der Waals surface area contributed by atoms with Crippen molar-refractivity contribution in [2.24, 2.45) is 0 Å². The predicted octanol–water partition coefficient (Wildman–Crippen LogP) is 2.25. The Morgan fingerprint density at radius 2 is 1.97 bits per heavy atom. The Bertz CT molecular complexity index is 1250. The third-order valence-corrected chi connectivity index (χ3v) is 6.85. The Morgan fingerprint density at radius 1 is 1.17 bits per heavy atom. The van der Waals surface area contributed by atoms with Gasteiger partial charge in [0.15, 0.2) is 0 Å². The van der Waals surface area contributed by atoms with Gasteiger partial charge in [-0.25, -0.2) is 19.7 Å². The molecule has 1 aromatic carbocycles. The molecule has 2 aliphatic rings. The number of rotatable bonds is 5. The third-order valence-electron chi connectivity index (χ3n) is 6.85. The van der Waals surface area contributed by atoms with Crippen molar-refractivity contribution in [2.45, 2.75) is 38.0 Å². The van der Waals surface area contributed by atoms with E-state index in [1.54, 1.807) is 28.7 Å². The minimum absolute atomic E-state index is 0.182. The number of hydrogen-bond acceptors (Lipinski definition) is 8. The van der Waals surface area contributed by atoms with Crippen LogP contribution < -0.4 is 10.5 Å². The van der Waals surface area contributed by atoms with Crippen molar-refractivity contribution in [3.8, 4) is 11.4 Å². The summed E-state index contributed by atoms with van der Waals surface area (Å²) in [6.45, 7) is 3.75. The molecule has 10 nitrogen and oxygen atoms in total. The fourth-order valence-electron chi connectivity index (χ4n) is 5.03. The smallest absolute Gasteiger partial charge is 0.409 e. The number of nitrogens with zero attached hydrogens (tertiary/aromatic N) is 6. The quantitative estimate of drug-likeness (QED) is 0.597. The van der Waals surface area contributed by atoms with E-state index in [0.29, 0.717) is 56.4 Å². The summed E-state index contributed by atoms with van der Waals surface area (Å²) < 4.78 is 6.88. The van der Waals surface area contributed by atoms with Crippen molar-refractivity contribution in [1.29, 1.82) is 0 Å². The van der Waals surface area contributed by atoms with Gasteiger partial charge in [0.05, 0.1) is 36.2 Å². The first-order valence-corrected chi connectivity index (χ1v) is 11.8. The van der Waals surface area contributed by atoms with Gasteiger partial charge in [0.25, 0.3) is 5.56 Å². The second kappa shape index (κ2) is 9.46. The number of carbonyl (C=O) groups excluding carboxylic acids is 1. The molecule has 1 spiro atoms. The van der Waals surface area contributed by atoms with Crippen LogP contribution >= 0.6 is 0 Å². The molecule has 1 fully saturated rings. The van der Waals surface area contributed by atoms with Crippen LogP contribution in [0.5, 0.6) is 0 Å². The molecule has 182 valence electrons. The van der Waals surface area contributed by atoms with Crippen LogP contribution in [0.4, 0.5) is 10.7 Å². The van der Waals surface area contributed by atoms with Crippen molar-refractivity contribution in [2.75, 3.05) is 31.1 Å². The number of benzene rings is 1. The Kier molecular flexibility index (Phi) is 6.21. The number of β-amino-alcohol motifs (C(OH)–C–C–N with tert-alkyl or cyclic N) is 1. The van der Waals surface area contributed by atoms with Crippen molar-refractivity contribution < 1.29 is 14.6 Å². The SMILES string of the molecule is CCOC(=O)N1CCC2(CCn3c(nc(-c4ccncn4)cc3=O)N2C[C@H](O)c2ccccc2)C1. The maximum absolute atomic E-state index is 13.1. The number of anilines is 1. The van der Waals surface area contributed by atoms with E-state index in [9.17, 15) is 14.7 Å². The van der Waals surface area contributed by atoms with E-state index in [0.717, 1.165) is 5.56 Å². The molecule has 2 aromatic heterocycles. The van der Waals surface area contributed by atoms with E-state index in [1.807, 2.05) is 35.2 Å². The van der Waals surface area contributed by atoms with E-state index < -0.39 is 11.6 Å². The van der Waals surface area contributed by atoms with Gasteiger partial charge in [-0.15, -0.1) is 0 Å². The number of hydrogen-bond donors (Lipinski definition) is 1. The number of fused-ring (bicyclic) bond motifs is 1. The molecule has 2 aliphatic heterocycles. The van der Waals surface area contributed by atoms with Crippen molar-refractivity contribution in [3.63, 3.8) is 0 Å². The summed E-state index contributed by atoms with van der Waals surface area (Å²) >= 11 is 0. The summed E-state index contributed by atoms with van der Waals surface area (Å²) in [5.74, 6) is 0.470. The summed E-state index contributed by atoms with van der Waals surface area (Å²) in [6, 6.07) is 12.6. The van der Waals surface area contributed by atoms with Gasteiger partial charge in [0, 0.05) is 31.9 Å². The summed E-state index contributed by atoms with van der Waals surface area (Å²) in [6.07, 6.45) is 3.19. The molecular weight excluding hydrogens is 448 g/mol. The molecule has 4 heterocycles. The molecule has 1 N–H and O–H groups in total. The third kappa shape index (κ3) is 4.37. The van der Waals surface area contributed by atoms with E-state index in [-0.39, 0.29) is 18.2 Å². The van der Waals surface area contributed by atoms with Gasteiger partial charge < -0.3 is 19.6 Å². The number of ether oxygens (including phenoxy) is 1. The second-order valence-electron chi connectivity index (χ2n) is 8.91. The van der Waals surface area contributed by atoms with Crippen LogP contribution in [0.3, 0.4) is 0 Å². The maximum atomic E-state index is 13.1. The van der Waals surface area contributed by atoms with Crippen LogP contribution in [0.15, 0.2) is 59.8 Å². The first-order valence-electron chi connectivity index (χ1n) is 11.8. The highest BCUT2D eigenvalue weighted by Crippen LogP contribution is 2.40. The topological polar surface area (TPSA) is 114 Å². The first-order chi connectivity index (χ1) is 17.0. The van der Waals surface area contributed by atoms with Crippen molar-refractivity contribution in [3.05, 3.63) is 70.9 Å². The minimum Gasteiger partial charge on any atom is -0.450 e. The molecule has 1 unspecified atom stereocenters. The lowest BCUT2D eigenvalue weighted by atomic mass is 9.89. The minimum atomic E-state index is -0.809. The number of carbonyl (C=O) groups is 1.